The van der Waals surface area contributed by atoms with Crippen LogP contribution in [0, 0.1) is 0 Å². The number of hydrogen-bond donors (Lipinski definition) is 4. The molecule has 4 N–H and O–H groups in total. The maximum atomic E-state index is 12.6. The molecule has 1 heterocycles. The number of halogens is 1. The van der Waals surface area contributed by atoms with Crippen molar-refractivity contribution in [3.63, 3.8) is 0 Å². The van der Waals surface area contributed by atoms with Crippen LogP contribution in [0.15, 0.2) is 24.3 Å². The number of hydrogen-bond acceptors (Lipinski definition) is 6. The Kier molecular flexibility index (Phi) is 7.82. The largest absolute Gasteiger partial charge is 0.395 e. The van der Waals surface area contributed by atoms with E-state index in [9.17, 15) is 15.0 Å². The number of carbonyl (C=O) groups is 1. The van der Waals surface area contributed by atoms with E-state index in [1.165, 1.54) is 0 Å². The minimum atomic E-state index is -1.50. The Labute approximate surface area is 158 Å². The van der Waals surface area contributed by atoms with Gasteiger partial charge in [0.25, 0.3) is 0 Å². The summed E-state index contributed by atoms with van der Waals surface area (Å²) < 4.78 is 0. The van der Waals surface area contributed by atoms with Crippen molar-refractivity contribution in [3.05, 3.63) is 34.9 Å². The molecule has 2 rings (SSSR count). The summed E-state index contributed by atoms with van der Waals surface area (Å²) in [7, 11) is 0. The Hall–Kier alpha value is -1.22. The first-order chi connectivity index (χ1) is 12.4. The molecule has 1 amide bonds. The van der Waals surface area contributed by atoms with Crippen LogP contribution in [-0.4, -0.2) is 93.8 Å². The van der Waals surface area contributed by atoms with Gasteiger partial charge in [0.05, 0.1) is 32.3 Å². The molecule has 7 nitrogen and oxygen atoms in total. The van der Waals surface area contributed by atoms with Gasteiger partial charge in [0, 0.05) is 31.2 Å². The minimum absolute atomic E-state index is 0.00788. The highest BCUT2D eigenvalue weighted by atomic mass is 35.5. The molecular weight excluding hydrogens is 360 g/mol. The fourth-order valence-electron chi connectivity index (χ4n) is 3.26. The number of benzene rings is 1. The van der Waals surface area contributed by atoms with Crippen LogP contribution >= 0.6 is 11.6 Å². The van der Waals surface area contributed by atoms with Crippen molar-refractivity contribution >= 4 is 17.5 Å². The number of aliphatic hydroxyl groups is 4. The van der Waals surface area contributed by atoms with Gasteiger partial charge in [-0.1, -0.05) is 23.7 Å². The van der Waals surface area contributed by atoms with Gasteiger partial charge in [0.1, 0.15) is 5.60 Å². The Morgan fingerprint density at radius 3 is 2.42 bits per heavy atom. The van der Waals surface area contributed by atoms with Gasteiger partial charge in [0.15, 0.2) is 0 Å². The Morgan fingerprint density at radius 2 is 1.85 bits per heavy atom. The minimum Gasteiger partial charge on any atom is -0.395 e. The van der Waals surface area contributed by atoms with Crippen molar-refractivity contribution in [3.8, 4) is 0 Å². The van der Waals surface area contributed by atoms with Gasteiger partial charge in [-0.3, -0.25) is 9.69 Å². The molecule has 1 aromatic rings. The maximum Gasteiger partial charge on any atom is 0.227 e. The molecule has 1 aromatic carbocycles. The van der Waals surface area contributed by atoms with E-state index < -0.39 is 11.7 Å². The lowest BCUT2D eigenvalue weighted by Gasteiger charge is -2.44. The summed E-state index contributed by atoms with van der Waals surface area (Å²) in [4.78, 5) is 15.8. The third-order valence-corrected chi connectivity index (χ3v) is 4.96. The van der Waals surface area contributed by atoms with Gasteiger partial charge in [-0.05, 0) is 24.1 Å². The molecule has 1 fully saturated rings. The van der Waals surface area contributed by atoms with E-state index in [0.29, 0.717) is 11.6 Å². The predicted octanol–water partition coefficient (Wildman–Crippen LogP) is -0.507. The zero-order chi connectivity index (χ0) is 19.2. The smallest absolute Gasteiger partial charge is 0.227 e. The number of amides is 1. The van der Waals surface area contributed by atoms with Crippen LogP contribution in [0.3, 0.4) is 0 Å². The highest BCUT2D eigenvalue weighted by Crippen LogP contribution is 2.24. The Balaban J connectivity index is 2.02. The molecule has 0 saturated carbocycles. The zero-order valence-corrected chi connectivity index (χ0v) is 15.5. The molecule has 0 radical (unpaired) electrons. The monoisotopic (exact) mass is 386 g/mol. The van der Waals surface area contributed by atoms with E-state index in [0.717, 1.165) is 5.56 Å². The van der Waals surface area contributed by atoms with Crippen LogP contribution in [0.25, 0.3) is 0 Å². The van der Waals surface area contributed by atoms with E-state index in [1.807, 2.05) is 0 Å². The fourth-order valence-corrected chi connectivity index (χ4v) is 3.38. The Bertz CT molecular complexity index is 579. The van der Waals surface area contributed by atoms with Crippen LogP contribution in [0.2, 0.25) is 5.02 Å². The molecule has 26 heavy (non-hydrogen) atoms. The van der Waals surface area contributed by atoms with Gasteiger partial charge in [-0.25, -0.2) is 0 Å². The van der Waals surface area contributed by atoms with Crippen molar-refractivity contribution in [2.24, 2.45) is 0 Å². The standard InChI is InChI=1S/C18H27ClN2O5/c19-15-3-1-14(2-4-15)11-17(25)21-6-5-16(24)18(26,13-21)12-20(7-9-22)8-10-23/h1-4,16,22-24,26H,5-13H2/t16-,18+/m1/s1. The Morgan fingerprint density at radius 1 is 1.23 bits per heavy atom. The van der Waals surface area contributed by atoms with Crippen molar-refractivity contribution in [1.82, 2.24) is 9.80 Å². The second-order valence-electron chi connectivity index (χ2n) is 6.75. The van der Waals surface area contributed by atoms with E-state index in [4.69, 9.17) is 21.8 Å². The molecule has 0 aliphatic carbocycles. The normalized spacial score (nSPS) is 23.5. The van der Waals surface area contributed by atoms with Crippen LogP contribution < -0.4 is 0 Å². The molecule has 0 spiro atoms. The van der Waals surface area contributed by atoms with Crippen molar-refractivity contribution in [2.45, 2.75) is 24.5 Å². The topological polar surface area (TPSA) is 104 Å². The summed E-state index contributed by atoms with van der Waals surface area (Å²) in [6.07, 6.45) is -0.503. The fraction of sp³-hybridized carbons (Fsp3) is 0.611. The molecule has 8 heteroatoms. The van der Waals surface area contributed by atoms with Crippen LogP contribution in [0.1, 0.15) is 12.0 Å². The summed E-state index contributed by atoms with van der Waals surface area (Å²) in [5.74, 6) is -0.131. The number of carbonyl (C=O) groups excluding carboxylic acids is 1. The summed E-state index contributed by atoms with van der Waals surface area (Å²) in [6.45, 7) is 0.753. The molecule has 0 unspecified atom stereocenters. The first-order valence-electron chi connectivity index (χ1n) is 8.74. The molecular formula is C18H27ClN2O5. The van der Waals surface area contributed by atoms with Crippen LogP contribution in [0.4, 0.5) is 0 Å². The van der Waals surface area contributed by atoms with Crippen molar-refractivity contribution < 1.29 is 25.2 Å². The van der Waals surface area contributed by atoms with E-state index >= 15 is 0 Å². The second kappa shape index (κ2) is 9.64. The van der Waals surface area contributed by atoms with Gasteiger partial charge >= 0.3 is 0 Å². The molecule has 0 bridgehead atoms. The zero-order valence-electron chi connectivity index (χ0n) is 14.7. The molecule has 0 aromatic heterocycles. The van der Waals surface area contributed by atoms with Gasteiger partial charge in [-0.2, -0.15) is 0 Å². The first-order valence-corrected chi connectivity index (χ1v) is 9.12. The number of nitrogens with zero attached hydrogens (tertiary/aromatic N) is 2. The highest BCUT2D eigenvalue weighted by molar-refractivity contribution is 6.30. The van der Waals surface area contributed by atoms with Gasteiger partial charge in [-0.15, -0.1) is 0 Å². The first kappa shape index (κ1) is 21.1. The van der Waals surface area contributed by atoms with E-state index in [-0.39, 0.29) is 58.1 Å². The molecule has 146 valence electrons. The number of piperidine rings is 1. The summed E-state index contributed by atoms with van der Waals surface area (Å²) in [6, 6.07) is 7.02. The summed E-state index contributed by atoms with van der Waals surface area (Å²) in [5.41, 5.74) is -0.672. The number of β-amino-alcohol motifs (C(OH)–C–C–N with tert-alkyl or cyclic N) is 1. The average Bonchev–Trinajstić information content (AvgIpc) is 2.60. The van der Waals surface area contributed by atoms with E-state index in [2.05, 4.69) is 0 Å². The number of likely N-dealkylation sites (tertiary alicyclic amines) is 1. The lowest BCUT2D eigenvalue weighted by Crippen LogP contribution is -2.63. The predicted molar refractivity (Wildman–Crippen MR) is 97.9 cm³/mol. The number of rotatable bonds is 8. The molecule has 1 aliphatic heterocycles. The van der Waals surface area contributed by atoms with Crippen molar-refractivity contribution in [1.29, 1.82) is 0 Å². The quantitative estimate of drug-likeness (QED) is 0.480. The lowest BCUT2D eigenvalue weighted by molar-refractivity contribution is -0.156. The average molecular weight is 387 g/mol. The third-order valence-electron chi connectivity index (χ3n) is 4.71. The molecule has 1 aliphatic rings. The second-order valence-corrected chi connectivity index (χ2v) is 7.19. The van der Waals surface area contributed by atoms with Crippen molar-refractivity contribution in [2.75, 3.05) is 45.9 Å². The highest BCUT2D eigenvalue weighted by Gasteiger charge is 2.43. The number of aliphatic hydroxyl groups excluding tert-OH is 3. The van der Waals surface area contributed by atoms with Gasteiger partial charge in [0.2, 0.25) is 5.91 Å². The molecule has 2 atom stereocenters. The lowest BCUT2D eigenvalue weighted by atomic mass is 9.88. The summed E-state index contributed by atoms with van der Waals surface area (Å²) >= 11 is 5.85. The van der Waals surface area contributed by atoms with Crippen LogP contribution in [0.5, 0.6) is 0 Å². The molecule has 1 saturated heterocycles. The maximum absolute atomic E-state index is 12.6. The van der Waals surface area contributed by atoms with Gasteiger partial charge < -0.3 is 25.3 Å². The van der Waals surface area contributed by atoms with Crippen LogP contribution in [-0.2, 0) is 11.2 Å². The third kappa shape index (κ3) is 5.64. The SMILES string of the molecule is O=C(Cc1ccc(Cl)cc1)N1CC[C@@H](O)[C@](O)(CN(CCO)CCO)C1. The van der Waals surface area contributed by atoms with E-state index in [1.54, 1.807) is 34.1 Å². The summed E-state index contributed by atoms with van der Waals surface area (Å²) in [5, 5.41) is 40.0.